The monoisotopic (exact) mass is 244 g/mol. The van der Waals surface area contributed by atoms with Gasteiger partial charge in [-0.1, -0.05) is 0 Å². The molecule has 0 unspecified atom stereocenters. The van der Waals surface area contributed by atoms with E-state index in [0.29, 0.717) is 37.9 Å². The highest BCUT2D eigenvalue weighted by atomic mass is 35.5. The first-order valence-electron chi connectivity index (χ1n) is 4.63. The zero-order valence-corrected chi connectivity index (χ0v) is 9.71. The minimum atomic E-state index is 0.0566. The fraction of sp³-hybridized carbons (Fsp3) is 1.00. The molecule has 0 atom stereocenters. The van der Waals surface area contributed by atoms with Crippen LogP contribution in [0.3, 0.4) is 0 Å². The molecule has 2 N–H and O–H groups in total. The summed E-state index contributed by atoms with van der Waals surface area (Å²) in [5.41, 5.74) is 0. The van der Waals surface area contributed by atoms with E-state index in [1.54, 1.807) is 0 Å². The molecular formula is C8H18Cl2N2O2. The Morgan fingerprint density at radius 1 is 0.714 bits per heavy atom. The van der Waals surface area contributed by atoms with Gasteiger partial charge in [0.1, 0.15) is 0 Å². The first kappa shape index (κ1) is 14.4. The van der Waals surface area contributed by atoms with Gasteiger partial charge in [-0.3, -0.25) is 0 Å². The third-order valence-electron chi connectivity index (χ3n) is 1.80. The van der Waals surface area contributed by atoms with Gasteiger partial charge in [-0.15, -0.1) is 23.2 Å². The highest BCUT2D eigenvalue weighted by molar-refractivity contribution is 6.18. The summed E-state index contributed by atoms with van der Waals surface area (Å²) in [6.07, 6.45) is 0. The Kier molecular flexibility index (Phi) is 10.3. The van der Waals surface area contributed by atoms with Crippen molar-refractivity contribution in [2.75, 3.05) is 51.2 Å². The number of rotatable bonds is 9. The van der Waals surface area contributed by atoms with Crippen LogP contribution in [0.5, 0.6) is 0 Å². The molecule has 86 valence electrons. The van der Waals surface area contributed by atoms with Crippen LogP contribution in [-0.4, -0.2) is 71.4 Å². The van der Waals surface area contributed by atoms with Gasteiger partial charge in [0.05, 0.1) is 13.2 Å². The fourth-order valence-electron chi connectivity index (χ4n) is 1.22. The maximum absolute atomic E-state index is 8.83. The molecule has 0 heterocycles. The molecule has 0 aliphatic carbocycles. The van der Waals surface area contributed by atoms with Crippen molar-refractivity contribution in [1.29, 1.82) is 0 Å². The Labute approximate surface area is 95.0 Å². The van der Waals surface area contributed by atoms with Crippen LogP contribution in [0.25, 0.3) is 0 Å². The number of alkyl halides is 2. The zero-order valence-electron chi connectivity index (χ0n) is 8.20. The quantitative estimate of drug-likeness (QED) is 0.442. The van der Waals surface area contributed by atoms with Crippen LogP contribution in [-0.2, 0) is 0 Å². The third kappa shape index (κ3) is 6.01. The molecule has 0 saturated carbocycles. The van der Waals surface area contributed by atoms with Gasteiger partial charge in [0.25, 0.3) is 0 Å². The molecular weight excluding hydrogens is 227 g/mol. The van der Waals surface area contributed by atoms with Crippen molar-refractivity contribution in [2.45, 2.75) is 0 Å². The Bertz CT molecular complexity index is 104. The first-order valence-corrected chi connectivity index (χ1v) is 5.70. The van der Waals surface area contributed by atoms with Gasteiger partial charge >= 0.3 is 0 Å². The summed E-state index contributed by atoms with van der Waals surface area (Å²) in [5, 5.41) is 21.5. The molecule has 0 spiro atoms. The van der Waals surface area contributed by atoms with Crippen molar-refractivity contribution in [1.82, 2.24) is 10.0 Å². The van der Waals surface area contributed by atoms with Crippen molar-refractivity contribution in [2.24, 2.45) is 0 Å². The molecule has 0 aromatic heterocycles. The Hall–Kier alpha value is 0.420. The maximum Gasteiger partial charge on any atom is 0.0572 e. The lowest BCUT2D eigenvalue weighted by molar-refractivity contribution is -0.0357. The van der Waals surface area contributed by atoms with Gasteiger partial charge in [0.2, 0.25) is 0 Å². The Morgan fingerprint density at radius 3 is 1.36 bits per heavy atom. The van der Waals surface area contributed by atoms with Crippen molar-refractivity contribution in [3.63, 3.8) is 0 Å². The molecule has 0 aromatic rings. The van der Waals surface area contributed by atoms with Gasteiger partial charge < -0.3 is 10.2 Å². The van der Waals surface area contributed by atoms with Crippen LogP contribution in [0.15, 0.2) is 0 Å². The van der Waals surface area contributed by atoms with Gasteiger partial charge in [0.15, 0.2) is 0 Å². The van der Waals surface area contributed by atoms with Crippen molar-refractivity contribution >= 4 is 23.2 Å². The number of aliphatic hydroxyl groups is 2. The maximum atomic E-state index is 8.83. The summed E-state index contributed by atoms with van der Waals surface area (Å²) in [4.78, 5) is 0. The lowest BCUT2D eigenvalue weighted by Gasteiger charge is -2.33. The van der Waals surface area contributed by atoms with Crippen LogP contribution in [0.2, 0.25) is 0 Å². The summed E-state index contributed by atoms with van der Waals surface area (Å²) in [6, 6.07) is 0. The summed E-state index contributed by atoms with van der Waals surface area (Å²) in [6.45, 7) is 2.45. The van der Waals surface area contributed by atoms with E-state index >= 15 is 0 Å². The number of nitrogens with zero attached hydrogens (tertiary/aromatic N) is 2. The molecule has 0 saturated heterocycles. The van der Waals surface area contributed by atoms with Crippen molar-refractivity contribution in [3.05, 3.63) is 0 Å². The average molecular weight is 245 g/mol. The zero-order chi connectivity index (χ0) is 10.8. The third-order valence-corrected chi connectivity index (χ3v) is 2.14. The van der Waals surface area contributed by atoms with E-state index in [-0.39, 0.29) is 13.2 Å². The number of hydrazine groups is 1. The molecule has 0 aliphatic rings. The van der Waals surface area contributed by atoms with Crippen LogP contribution in [0, 0.1) is 0 Å². The normalized spacial score (nSPS) is 11.6. The number of hydrogen-bond donors (Lipinski definition) is 2. The second-order valence-electron chi connectivity index (χ2n) is 2.73. The Morgan fingerprint density at radius 2 is 1.07 bits per heavy atom. The predicted molar refractivity (Wildman–Crippen MR) is 58.8 cm³/mol. The molecule has 0 bridgehead atoms. The molecule has 0 amide bonds. The smallest absolute Gasteiger partial charge is 0.0572 e. The van der Waals surface area contributed by atoms with Gasteiger partial charge in [0, 0.05) is 37.9 Å². The second kappa shape index (κ2) is 9.96. The summed E-state index contributed by atoms with van der Waals surface area (Å²) in [5.74, 6) is 1.01. The molecule has 6 heteroatoms. The van der Waals surface area contributed by atoms with Crippen LogP contribution >= 0.6 is 23.2 Å². The first-order chi connectivity index (χ1) is 6.79. The minimum absolute atomic E-state index is 0.0566. The van der Waals surface area contributed by atoms with Crippen LogP contribution in [0.1, 0.15) is 0 Å². The van der Waals surface area contributed by atoms with Crippen LogP contribution in [0.4, 0.5) is 0 Å². The van der Waals surface area contributed by atoms with Crippen LogP contribution < -0.4 is 0 Å². The number of hydrogen-bond acceptors (Lipinski definition) is 4. The highest BCUT2D eigenvalue weighted by Crippen LogP contribution is 1.99. The standard InChI is InChI=1S/C8H18Cl2N2O2/c9-1-3-11(4-2-10)12(5-7-13)6-8-14/h13-14H,1-8H2. The molecule has 0 radical (unpaired) electrons. The van der Waals surface area contributed by atoms with E-state index in [4.69, 9.17) is 33.4 Å². The van der Waals surface area contributed by atoms with Gasteiger partial charge in [-0.25, -0.2) is 10.0 Å². The van der Waals surface area contributed by atoms with E-state index in [9.17, 15) is 0 Å². The van der Waals surface area contributed by atoms with E-state index in [0.717, 1.165) is 0 Å². The molecule has 0 aromatic carbocycles. The van der Waals surface area contributed by atoms with E-state index < -0.39 is 0 Å². The van der Waals surface area contributed by atoms with E-state index in [1.165, 1.54) is 0 Å². The summed E-state index contributed by atoms with van der Waals surface area (Å²) < 4.78 is 0. The molecule has 0 rings (SSSR count). The minimum Gasteiger partial charge on any atom is -0.395 e. The molecule has 4 nitrogen and oxygen atoms in total. The summed E-state index contributed by atoms with van der Waals surface area (Å²) in [7, 11) is 0. The second-order valence-corrected chi connectivity index (χ2v) is 3.49. The average Bonchev–Trinajstić information content (AvgIpc) is 2.17. The number of halogens is 2. The lowest BCUT2D eigenvalue weighted by Crippen LogP contribution is -2.47. The number of aliphatic hydroxyl groups excluding tert-OH is 2. The fourth-order valence-corrected chi connectivity index (χ4v) is 1.61. The largest absolute Gasteiger partial charge is 0.395 e. The molecule has 14 heavy (non-hydrogen) atoms. The SMILES string of the molecule is OCCN(CCO)N(CCCl)CCCl. The predicted octanol–water partition coefficient (Wildman–Crippen LogP) is -0.0324. The molecule has 0 fully saturated rings. The van der Waals surface area contributed by atoms with Gasteiger partial charge in [-0.05, 0) is 0 Å². The van der Waals surface area contributed by atoms with Crippen molar-refractivity contribution < 1.29 is 10.2 Å². The topological polar surface area (TPSA) is 46.9 Å². The molecule has 0 aliphatic heterocycles. The highest BCUT2D eigenvalue weighted by Gasteiger charge is 2.12. The summed E-state index contributed by atoms with van der Waals surface area (Å²) >= 11 is 11.3. The van der Waals surface area contributed by atoms with Gasteiger partial charge in [-0.2, -0.15) is 0 Å². The van der Waals surface area contributed by atoms with E-state index in [1.807, 2.05) is 10.0 Å². The van der Waals surface area contributed by atoms with Crippen molar-refractivity contribution in [3.8, 4) is 0 Å². The van der Waals surface area contributed by atoms with E-state index in [2.05, 4.69) is 0 Å². The lowest BCUT2D eigenvalue weighted by atomic mass is 10.5. The Balaban J connectivity index is 4.06.